The van der Waals surface area contributed by atoms with Crippen LogP contribution in [0.2, 0.25) is 5.02 Å². The topological polar surface area (TPSA) is 115 Å². The first-order valence-corrected chi connectivity index (χ1v) is 10.6. The van der Waals surface area contributed by atoms with Crippen molar-refractivity contribution in [1.29, 1.82) is 0 Å². The van der Waals surface area contributed by atoms with Gasteiger partial charge in [0.25, 0.3) is 0 Å². The molecule has 3 rings (SSSR count). The van der Waals surface area contributed by atoms with E-state index in [0.29, 0.717) is 27.7 Å². The summed E-state index contributed by atoms with van der Waals surface area (Å²) in [5.41, 5.74) is 3.89. The van der Waals surface area contributed by atoms with Crippen LogP contribution >= 0.6 is 11.6 Å². The Kier molecular flexibility index (Phi) is 8.42. The van der Waals surface area contributed by atoms with Crippen LogP contribution in [-0.2, 0) is 9.59 Å². The molecule has 0 spiro atoms. The highest BCUT2D eigenvalue weighted by molar-refractivity contribution is 6.39. The Hall–Kier alpha value is -4.37. The number of amides is 2. The molecule has 0 radical (unpaired) electrons. The van der Waals surface area contributed by atoms with Crippen LogP contribution in [-0.4, -0.2) is 37.7 Å². The Morgan fingerprint density at radius 1 is 0.829 bits per heavy atom. The zero-order chi connectivity index (χ0) is 25.4. The summed E-state index contributed by atoms with van der Waals surface area (Å²) in [6.07, 6.45) is 0. The molecule has 0 saturated carbocycles. The molecule has 0 aliphatic carbocycles. The third-order valence-electron chi connectivity index (χ3n) is 4.72. The molecule has 0 atom stereocenters. The van der Waals surface area contributed by atoms with Gasteiger partial charge in [0.15, 0.2) is 11.5 Å². The van der Waals surface area contributed by atoms with Crippen molar-refractivity contribution in [2.75, 3.05) is 19.5 Å². The van der Waals surface area contributed by atoms with Crippen molar-refractivity contribution in [1.82, 2.24) is 5.43 Å². The van der Waals surface area contributed by atoms with Crippen molar-refractivity contribution < 1.29 is 28.6 Å². The molecule has 0 fully saturated rings. The average Bonchev–Trinajstić information content (AvgIpc) is 2.87. The first kappa shape index (κ1) is 25.3. The largest absolute Gasteiger partial charge is 0.497 e. The van der Waals surface area contributed by atoms with Crippen LogP contribution in [0, 0.1) is 0 Å². The lowest BCUT2D eigenvalue weighted by atomic mass is 10.1. The fourth-order valence-corrected chi connectivity index (χ4v) is 3.05. The minimum atomic E-state index is -0.945. The Morgan fingerprint density at radius 3 is 2.23 bits per heavy atom. The molecule has 0 unspecified atom stereocenters. The Bertz CT molecular complexity index is 1270. The molecular weight excluding hydrogens is 474 g/mol. The van der Waals surface area contributed by atoms with Gasteiger partial charge in [0.2, 0.25) is 0 Å². The first-order chi connectivity index (χ1) is 16.8. The number of rotatable bonds is 7. The van der Waals surface area contributed by atoms with E-state index in [2.05, 4.69) is 15.8 Å². The van der Waals surface area contributed by atoms with E-state index >= 15 is 0 Å². The zero-order valence-electron chi connectivity index (χ0n) is 19.1. The quantitative estimate of drug-likeness (QED) is 0.168. The third-order valence-corrected chi connectivity index (χ3v) is 4.96. The standard InChI is InChI=1S/C25H22ClN3O6/c1-15(28-29-24(31)23(30)27-19-8-10-20(33-2)11-9-19)16-7-12-21(22(14-16)34-3)35-25(32)17-5-4-6-18(26)13-17/h4-14H,1-3H3,(H,27,30)(H,29,31)/b28-15+. The fraction of sp³-hybridized carbons (Fsp3) is 0.120. The van der Waals surface area contributed by atoms with E-state index in [0.717, 1.165) is 0 Å². The highest BCUT2D eigenvalue weighted by Gasteiger charge is 2.16. The predicted molar refractivity (Wildman–Crippen MR) is 131 cm³/mol. The van der Waals surface area contributed by atoms with E-state index in [1.165, 1.54) is 26.4 Å². The number of esters is 1. The second kappa shape index (κ2) is 11.7. The van der Waals surface area contributed by atoms with Crippen molar-refractivity contribution >= 4 is 40.8 Å². The molecule has 180 valence electrons. The molecule has 0 aliphatic heterocycles. The van der Waals surface area contributed by atoms with Crippen molar-refractivity contribution in [2.45, 2.75) is 6.92 Å². The molecule has 2 N–H and O–H groups in total. The minimum absolute atomic E-state index is 0.192. The van der Waals surface area contributed by atoms with E-state index in [-0.39, 0.29) is 17.1 Å². The van der Waals surface area contributed by atoms with E-state index in [1.807, 2.05) is 0 Å². The summed E-state index contributed by atoms with van der Waals surface area (Å²) in [6, 6.07) is 17.6. The molecular formula is C25H22ClN3O6. The SMILES string of the molecule is COc1ccc(NC(=O)C(=O)N/N=C(\C)c2ccc(OC(=O)c3cccc(Cl)c3)c(OC)c2)cc1. The maximum Gasteiger partial charge on any atom is 0.343 e. The highest BCUT2D eigenvalue weighted by Crippen LogP contribution is 2.29. The molecule has 3 aromatic carbocycles. The molecule has 2 amide bonds. The zero-order valence-corrected chi connectivity index (χ0v) is 19.9. The van der Waals surface area contributed by atoms with Gasteiger partial charge in [-0.1, -0.05) is 17.7 Å². The number of halogens is 1. The Labute approximate surface area is 206 Å². The molecule has 0 bridgehead atoms. The van der Waals surface area contributed by atoms with Gasteiger partial charge < -0.3 is 19.5 Å². The van der Waals surface area contributed by atoms with Gasteiger partial charge in [-0.25, -0.2) is 10.2 Å². The number of hydrogen-bond donors (Lipinski definition) is 2. The number of nitrogens with zero attached hydrogens (tertiary/aromatic N) is 1. The summed E-state index contributed by atoms with van der Waals surface area (Å²) in [4.78, 5) is 36.6. The lowest BCUT2D eigenvalue weighted by Crippen LogP contribution is -2.32. The molecule has 0 heterocycles. The molecule has 0 aliphatic rings. The van der Waals surface area contributed by atoms with E-state index in [9.17, 15) is 14.4 Å². The molecule has 0 saturated heterocycles. The third kappa shape index (κ3) is 6.81. The van der Waals surface area contributed by atoms with Gasteiger partial charge >= 0.3 is 17.8 Å². The number of hydrazone groups is 1. The van der Waals surface area contributed by atoms with Crippen molar-refractivity contribution in [2.24, 2.45) is 5.10 Å². The second-order valence-corrected chi connectivity index (χ2v) is 7.52. The van der Waals surface area contributed by atoms with E-state index in [1.54, 1.807) is 61.5 Å². The number of carbonyl (C=O) groups is 3. The smallest absolute Gasteiger partial charge is 0.343 e. The molecule has 3 aromatic rings. The summed E-state index contributed by atoms with van der Waals surface area (Å²) in [5, 5.41) is 6.84. The Morgan fingerprint density at radius 2 is 1.57 bits per heavy atom. The molecule has 0 aromatic heterocycles. The monoisotopic (exact) mass is 495 g/mol. The van der Waals surface area contributed by atoms with Gasteiger partial charge in [-0.2, -0.15) is 5.10 Å². The van der Waals surface area contributed by atoms with E-state index in [4.69, 9.17) is 25.8 Å². The number of anilines is 1. The van der Waals surface area contributed by atoms with Crippen molar-refractivity contribution in [3.8, 4) is 17.2 Å². The van der Waals surface area contributed by atoms with Crippen LogP contribution in [0.5, 0.6) is 17.2 Å². The molecule has 9 nitrogen and oxygen atoms in total. The van der Waals surface area contributed by atoms with E-state index < -0.39 is 17.8 Å². The number of hydrogen-bond acceptors (Lipinski definition) is 7. The molecule has 35 heavy (non-hydrogen) atoms. The average molecular weight is 496 g/mol. The van der Waals surface area contributed by atoms with Crippen LogP contribution in [0.3, 0.4) is 0 Å². The summed E-state index contributed by atoms with van der Waals surface area (Å²) in [7, 11) is 2.95. The maximum absolute atomic E-state index is 12.4. The predicted octanol–water partition coefficient (Wildman–Crippen LogP) is 4.06. The Balaban J connectivity index is 1.65. The molecule has 10 heteroatoms. The highest BCUT2D eigenvalue weighted by atomic mass is 35.5. The number of methoxy groups -OCH3 is 2. The van der Waals surface area contributed by atoms with Gasteiger partial charge in [0, 0.05) is 16.3 Å². The van der Waals surface area contributed by atoms with Gasteiger partial charge in [-0.05, 0) is 67.6 Å². The van der Waals surface area contributed by atoms with Crippen LogP contribution in [0.4, 0.5) is 5.69 Å². The second-order valence-electron chi connectivity index (χ2n) is 7.09. The van der Waals surface area contributed by atoms with Crippen LogP contribution in [0.25, 0.3) is 0 Å². The summed E-state index contributed by atoms with van der Waals surface area (Å²) in [5.74, 6) is -1.34. The van der Waals surface area contributed by atoms with Crippen molar-refractivity contribution in [3.05, 3.63) is 82.9 Å². The van der Waals surface area contributed by atoms with Crippen molar-refractivity contribution in [3.63, 3.8) is 0 Å². The van der Waals surface area contributed by atoms with Gasteiger partial charge in [-0.3, -0.25) is 9.59 Å². The normalized spacial score (nSPS) is 10.8. The summed E-state index contributed by atoms with van der Waals surface area (Å²) in [6.45, 7) is 1.63. The van der Waals surface area contributed by atoms with Gasteiger partial charge in [0.1, 0.15) is 5.75 Å². The lowest BCUT2D eigenvalue weighted by molar-refractivity contribution is -0.136. The van der Waals surface area contributed by atoms with Crippen LogP contribution < -0.4 is 25.0 Å². The maximum atomic E-state index is 12.4. The first-order valence-electron chi connectivity index (χ1n) is 10.3. The summed E-state index contributed by atoms with van der Waals surface area (Å²) < 4.78 is 15.8. The number of benzene rings is 3. The minimum Gasteiger partial charge on any atom is -0.497 e. The van der Waals surface area contributed by atoms with Gasteiger partial charge in [-0.15, -0.1) is 0 Å². The van der Waals surface area contributed by atoms with Crippen LogP contribution in [0.15, 0.2) is 71.8 Å². The fourth-order valence-electron chi connectivity index (χ4n) is 2.86. The number of ether oxygens (including phenoxy) is 3. The van der Waals surface area contributed by atoms with Crippen LogP contribution in [0.1, 0.15) is 22.8 Å². The lowest BCUT2D eigenvalue weighted by Gasteiger charge is -2.11. The number of carbonyl (C=O) groups excluding carboxylic acids is 3. The number of nitrogens with one attached hydrogen (secondary N) is 2. The van der Waals surface area contributed by atoms with Gasteiger partial charge in [0.05, 0.1) is 25.5 Å². The summed E-state index contributed by atoms with van der Waals surface area (Å²) >= 11 is 5.92.